The van der Waals surface area contributed by atoms with Gasteiger partial charge < -0.3 is 10.4 Å². The second-order valence-corrected chi connectivity index (χ2v) is 4.60. The van der Waals surface area contributed by atoms with Crippen molar-refractivity contribution in [3.63, 3.8) is 0 Å². The number of nitrogens with one attached hydrogen (secondary N) is 1. The molecule has 1 rings (SSSR count). The Morgan fingerprint density at radius 3 is 2.37 bits per heavy atom. The van der Waals surface area contributed by atoms with E-state index in [0.717, 1.165) is 6.07 Å². The van der Waals surface area contributed by atoms with Gasteiger partial charge in [0.15, 0.2) is 0 Å². The van der Waals surface area contributed by atoms with Gasteiger partial charge in [-0.15, -0.1) is 0 Å². The van der Waals surface area contributed by atoms with Gasteiger partial charge in [0.1, 0.15) is 6.04 Å². The molecule has 1 aromatic carbocycles. The molecule has 0 spiro atoms. The minimum atomic E-state index is -4.44. The van der Waals surface area contributed by atoms with Gasteiger partial charge in [-0.2, -0.15) is 13.2 Å². The largest absolute Gasteiger partial charge is 0.480 e. The maximum Gasteiger partial charge on any atom is 0.416 e. The number of alkyl halides is 3. The number of hydrogen-bond donors (Lipinski definition) is 2. The molecule has 19 heavy (non-hydrogen) atoms. The van der Waals surface area contributed by atoms with Crippen molar-refractivity contribution in [3.05, 3.63) is 35.4 Å². The van der Waals surface area contributed by atoms with Crippen LogP contribution in [-0.4, -0.2) is 17.1 Å². The molecular formula is C13H16F3NO2. The Hall–Kier alpha value is -1.56. The fourth-order valence-electron chi connectivity index (χ4n) is 1.78. The van der Waals surface area contributed by atoms with Gasteiger partial charge in [0.2, 0.25) is 0 Å². The van der Waals surface area contributed by atoms with E-state index in [0.29, 0.717) is 0 Å². The lowest BCUT2D eigenvalue weighted by molar-refractivity contribution is -0.140. The van der Waals surface area contributed by atoms with Crippen LogP contribution in [0.4, 0.5) is 13.2 Å². The van der Waals surface area contributed by atoms with Crippen LogP contribution >= 0.6 is 0 Å². The van der Waals surface area contributed by atoms with Crippen LogP contribution in [0.2, 0.25) is 0 Å². The Balaban J connectivity index is 2.86. The quantitative estimate of drug-likeness (QED) is 0.868. The van der Waals surface area contributed by atoms with Crippen LogP contribution in [0.5, 0.6) is 0 Å². The van der Waals surface area contributed by atoms with Crippen LogP contribution in [0.3, 0.4) is 0 Å². The molecule has 0 saturated carbocycles. The predicted molar refractivity (Wildman–Crippen MR) is 64.5 cm³/mol. The Morgan fingerprint density at radius 2 is 1.89 bits per heavy atom. The second kappa shape index (κ2) is 6.06. The summed E-state index contributed by atoms with van der Waals surface area (Å²) in [6, 6.07) is 4.26. The number of carbonyl (C=O) groups is 1. The molecule has 1 unspecified atom stereocenters. The summed E-state index contributed by atoms with van der Waals surface area (Å²) in [5.41, 5.74) is -0.697. The molecular weight excluding hydrogens is 259 g/mol. The zero-order chi connectivity index (χ0) is 14.6. The van der Waals surface area contributed by atoms with E-state index in [9.17, 15) is 18.0 Å². The first-order chi connectivity index (χ1) is 8.73. The first kappa shape index (κ1) is 15.5. The second-order valence-electron chi connectivity index (χ2n) is 4.60. The van der Waals surface area contributed by atoms with Crippen molar-refractivity contribution in [1.29, 1.82) is 0 Å². The maximum atomic E-state index is 12.7. The van der Waals surface area contributed by atoms with Crippen LogP contribution in [0, 0.1) is 5.92 Å². The smallest absolute Gasteiger partial charge is 0.416 e. The lowest BCUT2D eigenvalue weighted by Crippen LogP contribution is -2.40. The minimum absolute atomic E-state index is 0.0434. The summed E-state index contributed by atoms with van der Waals surface area (Å²) in [6.07, 6.45) is -4.44. The van der Waals surface area contributed by atoms with Gasteiger partial charge in [0, 0.05) is 6.54 Å². The van der Waals surface area contributed by atoms with Crippen molar-refractivity contribution in [2.75, 3.05) is 0 Å². The molecule has 3 nitrogen and oxygen atoms in total. The summed E-state index contributed by atoms with van der Waals surface area (Å²) >= 11 is 0. The molecule has 0 saturated heterocycles. The van der Waals surface area contributed by atoms with Crippen LogP contribution in [0.1, 0.15) is 25.0 Å². The van der Waals surface area contributed by atoms with Gasteiger partial charge in [-0.3, -0.25) is 4.79 Å². The third kappa shape index (κ3) is 4.24. The number of carboxylic acid groups (broad SMARTS) is 1. The topological polar surface area (TPSA) is 49.3 Å². The van der Waals surface area contributed by atoms with Crippen molar-refractivity contribution in [3.8, 4) is 0 Å². The summed E-state index contributed by atoms with van der Waals surface area (Å²) in [5.74, 6) is -1.28. The monoisotopic (exact) mass is 275 g/mol. The van der Waals surface area contributed by atoms with Crippen LogP contribution in [0.25, 0.3) is 0 Å². The lowest BCUT2D eigenvalue weighted by atomic mass is 10.0. The summed E-state index contributed by atoms with van der Waals surface area (Å²) in [4.78, 5) is 11.0. The molecule has 0 amide bonds. The fourth-order valence-corrected chi connectivity index (χ4v) is 1.78. The maximum absolute atomic E-state index is 12.7. The van der Waals surface area contributed by atoms with Gasteiger partial charge in [-0.25, -0.2) is 0 Å². The van der Waals surface area contributed by atoms with Crippen molar-refractivity contribution in [1.82, 2.24) is 5.32 Å². The summed E-state index contributed by atoms with van der Waals surface area (Å²) < 4.78 is 38.2. The van der Waals surface area contributed by atoms with E-state index in [1.165, 1.54) is 18.2 Å². The van der Waals surface area contributed by atoms with Crippen molar-refractivity contribution < 1.29 is 23.1 Å². The molecule has 106 valence electrons. The molecule has 0 aromatic heterocycles. The predicted octanol–water partition coefficient (Wildman–Crippen LogP) is 2.90. The number of hydrogen-bond acceptors (Lipinski definition) is 2. The summed E-state index contributed by atoms with van der Waals surface area (Å²) in [7, 11) is 0. The Bertz CT molecular complexity index is 444. The number of benzene rings is 1. The minimum Gasteiger partial charge on any atom is -0.480 e. The molecule has 0 radical (unpaired) electrons. The molecule has 0 aliphatic rings. The normalized spacial score (nSPS) is 13.6. The number of aliphatic carboxylic acids is 1. The zero-order valence-corrected chi connectivity index (χ0v) is 10.7. The van der Waals surface area contributed by atoms with E-state index in [-0.39, 0.29) is 18.0 Å². The molecule has 0 aliphatic heterocycles. The van der Waals surface area contributed by atoms with E-state index in [4.69, 9.17) is 5.11 Å². The first-order valence-corrected chi connectivity index (χ1v) is 5.84. The number of carboxylic acids is 1. The Labute approximate surface area is 109 Å². The highest BCUT2D eigenvalue weighted by Gasteiger charge is 2.33. The highest BCUT2D eigenvalue weighted by atomic mass is 19.4. The van der Waals surface area contributed by atoms with E-state index in [1.54, 1.807) is 13.8 Å². The molecule has 0 bridgehead atoms. The van der Waals surface area contributed by atoms with Crippen LogP contribution in [0.15, 0.2) is 24.3 Å². The molecule has 0 fully saturated rings. The average Bonchev–Trinajstić information content (AvgIpc) is 2.27. The van der Waals surface area contributed by atoms with E-state index in [1.807, 2.05) is 0 Å². The molecule has 1 aromatic rings. The number of halogens is 3. The van der Waals surface area contributed by atoms with E-state index in [2.05, 4.69) is 5.32 Å². The average molecular weight is 275 g/mol. The molecule has 2 N–H and O–H groups in total. The summed E-state index contributed by atoms with van der Waals surface area (Å²) in [5, 5.41) is 11.6. The Kier molecular flexibility index (Phi) is 4.94. The van der Waals surface area contributed by atoms with Gasteiger partial charge in [0.05, 0.1) is 5.56 Å². The fraction of sp³-hybridized carbons (Fsp3) is 0.462. The zero-order valence-electron chi connectivity index (χ0n) is 10.7. The number of rotatable bonds is 5. The van der Waals surface area contributed by atoms with Gasteiger partial charge in [-0.1, -0.05) is 32.0 Å². The van der Waals surface area contributed by atoms with E-state index < -0.39 is 23.8 Å². The third-order valence-corrected chi connectivity index (χ3v) is 2.77. The van der Waals surface area contributed by atoms with Crippen LogP contribution < -0.4 is 5.32 Å². The molecule has 1 atom stereocenters. The van der Waals surface area contributed by atoms with Crippen molar-refractivity contribution >= 4 is 5.97 Å². The van der Waals surface area contributed by atoms with E-state index >= 15 is 0 Å². The molecule has 0 aliphatic carbocycles. The van der Waals surface area contributed by atoms with Gasteiger partial charge >= 0.3 is 12.1 Å². The SMILES string of the molecule is CC(C)C(NCc1ccccc1C(F)(F)F)C(=O)O. The van der Waals surface area contributed by atoms with Crippen LogP contribution in [-0.2, 0) is 17.5 Å². The van der Waals surface area contributed by atoms with Crippen molar-refractivity contribution in [2.45, 2.75) is 32.6 Å². The van der Waals surface area contributed by atoms with Gasteiger partial charge in [0.25, 0.3) is 0 Å². The summed E-state index contributed by atoms with van der Waals surface area (Å²) in [6.45, 7) is 3.26. The Morgan fingerprint density at radius 1 is 1.32 bits per heavy atom. The third-order valence-electron chi connectivity index (χ3n) is 2.77. The molecule has 6 heteroatoms. The standard InChI is InChI=1S/C13H16F3NO2/c1-8(2)11(12(18)19)17-7-9-5-3-4-6-10(9)13(14,15)16/h3-6,8,11,17H,7H2,1-2H3,(H,18,19). The highest BCUT2D eigenvalue weighted by Crippen LogP contribution is 2.31. The molecule has 0 heterocycles. The first-order valence-electron chi connectivity index (χ1n) is 5.84. The highest BCUT2D eigenvalue weighted by molar-refractivity contribution is 5.73. The lowest BCUT2D eigenvalue weighted by Gasteiger charge is -2.19. The van der Waals surface area contributed by atoms with Crippen molar-refractivity contribution in [2.24, 2.45) is 5.92 Å². The van der Waals surface area contributed by atoms with Gasteiger partial charge in [-0.05, 0) is 17.5 Å².